The van der Waals surface area contributed by atoms with Gasteiger partial charge in [0.15, 0.2) is 0 Å². The van der Waals surface area contributed by atoms with E-state index < -0.39 is 5.97 Å². The molecular weight excluding hydrogens is 462 g/mol. The van der Waals surface area contributed by atoms with Crippen LogP contribution in [0.15, 0.2) is 47.8 Å². The number of ether oxygens (including phenoxy) is 2. The summed E-state index contributed by atoms with van der Waals surface area (Å²) in [7, 11) is 3.02. The van der Waals surface area contributed by atoms with Gasteiger partial charge in [-0.2, -0.15) is 0 Å². The lowest BCUT2D eigenvalue weighted by Gasteiger charge is -2.35. The monoisotopic (exact) mass is 493 g/mol. The Morgan fingerprint density at radius 2 is 1.69 bits per heavy atom. The van der Waals surface area contributed by atoms with E-state index in [0.29, 0.717) is 10.6 Å². The van der Waals surface area contributed by atoms with Crippen LogP contribution in [0.1, 0.15) is 21.5 Å². The van der Waals surface area contributed by atoms with Crippen molar-refractivity contribution in [2.45, 2.75) is 13.8 Å². The number of carbonyl (C=O) groups is 2. The number of esters is 1. The SMILES string of the molecule is COC(=O)c1c(-c2cc(C)ccc2C)csc1NC(=O)CN1CCN(c2ccc(OC)cc2)CC1. The minimum Gasteiger partial charge on any atom is -0.497 e. The molecule has 0 unspecified atom stereocenters. The van der Waals surface area contributed by atoms with E-state index in [1.807, 2.05) is 43.5 Å². The summed E-state index contributed by atoms with van der Waals surface area (Å²) in [4.78, 5) is 30.0. The molecule has 0 spiro atoms. The molecule has 0 radical (unpaired) electrons. The van der Waals surface area contributed by atoms with Crippen molar-refractivity contribution >= 4 is 33.9 Å². The van der Waals surface area contributed by atoms with Gasteiger partial charge in [-0.15, -0.1) is 11.3 Å². The van der Waals surface area contributed by atoms with Crippen LogP contribution in [0.25, 0.3) is 11.1 Å². The standard InChI is InChI=1S/C27H31N3O4S/c1-18-5-6-19(2)22(15-18)23-17-35-26(25(23)27(32)34-4)28-24(31)16-29-11-13-30(14-12-29)20-7-9-21(33-3)10-8-20/h5-10,15,17H,11-14,16H2,1-4H3,(H,28,31). The van der Waals surface area contributed by atoms with Crippen LogP contribution in [-0.4, -0.2) is 63.7 Å². The van der Waals surface area contributed by atoms with Gasteiger partial charge in [0.05, 0.1) is 20.8 Å². The van der Waals surface area contributed by atoms with Crippen molar-refractivity contribution in [3.05, 3.63) is 64.5 Å². The lowest BCUT2D eigenvalue weighted by Crippen LogP contribution is -2.48. The van der Waals surface area contributed by atoms with E-state index >= 15 is 0 Å². The van der Waals surface area contributed by atoms with Crippen molar-refractivity contribution in [1.82, 2.24) is 4.90 Å². The van der Waals surface area contributed by atoms with Gasteiger partial charge in [-0.3, -0.25) is 9.69 Å². The molecule has 1 amide bonds. The first-order valence-corrected chi connectivity index (χ1v) is 12.5. The highest BCUT2D eigenvalue weighted by Gasteiger charge is 2.25. The van der Waals surface area contributed by atoms with Gasteiger partial charge in [-0.1, -0.05) is 23.8 Å². The number of anilines is 2. The minimum absolute atomic E-state index is 0.137. The number of thiophene rings is 1. The van der Waals surface area contributed by atoms with Crippen LogP contribution in [0.5, 0.6) is 5.75 Å². The van der Waals surface area contributed by atoms with Gasteiger partial charge in [-0.05, 0) is 49.2 Å². The van der Waals surface area contributed by atoms with Crippen molar-refractivity contribution in [2.75, 3.05) is 57.2 Å². The molecule has 1 aliphatic heterocycles. The topological polar surface area (TPSA) is 71.1 Å². The zero-order valence-electron chi connectivity index (χ0n) is 20.6. The van der Waals surface area contributed by atoms with Crippen LogP contribution < -0.4 is 15.0 Å². The average molecular weight is 494 g/mol. The molecule has 1 saturated heterocycles. The number of benzene rings is 2. The van der Waals surface area contributed by atoms with Gasteiger partial charge in [0, 0.05) is 42.8 Å². The number of nitrogens with one attached hydrogen (secondary N) is 1. The first kappa shape index (κ1) is 24.8. The Morgan fingerprint density at radius 3 is 2.34 bits per heavy atom. The molecule has 0 bridgehead atoms. The molecule has 1 aromatic heterocycles. The van der Waals surface area contributed by atoms with Gasteiger partial charge in [0.2, 0.25) is 5.91 Å². The summed E-state index contributed by atoms with van der Waals surface area (Å²) in [6.07, 6.45) is 0. The van der Waals surface area contributed by atoms with E-state index in [1.54, 1.807) is 7.11 Å². The summed E-state index contributed by atoms with van der Waals surface area (Å²) in [5.41, 5.74) is 5.47. The van der Waals surface area contributed by atoms with Gasteiger partial charge < -0.3 is 19.7 Å². The Balaban J connectivity index is 1.41. The fourth-order valence-corrected chi connectivity index (χ4v) is 5.27. The summed E-state index contributed by atoms with van der Waals surface area (Å²) >= 11 is 1.35. The van der Waals surface area contributed by atoms with Gasteiger partial charge >= 0.3 is 5.97 Å². The zero-order chi connectivity index (χ0) is 24.9. The molecule has 7 nitrogen and oxygen atoms in total. The number of aryl methyl sites for hydroxylation is 2. The first-order chi connectivity index (χ1) is 16.9. The molecule has 0 saturated carbocycles. The normalized spacial score (nSPS) is 14.0. The Labute approximate surface area is 210 Å². The summed E-state index contributed by atoms with van der Waals surface area (Å²) in [6, 6.07) is 14.2. The molecular formula is C27H31N3O4S. The Kier molecular flexibility index (Phi) is 7.73. The second-order valence-electron chi connectivity index (χ2n) is 8.67. The van der Waals surface area contributed by atoms with E-state index in [0.717, 1.165) is 59.9 Å². The van der Waals surface area contributed by atoms with Crippen LogP contribution in [0.4, 0.5) is 10.7 Å². The number of amides is 1. The Hall–Kier alpha value is -3.36. The summed E-state index contributed by atoms with van der Waals surface area (Å²) in [5.74, 6) is 0.248. The number of hydrogen-bond acceptors (Lipinski definition) is 7. The number of carbonyl (C=O) groups excluding carboxylic acids is 2. The molecule has 8 heteroatoms. The maximum atomic E-state index is 12.9. The summed E-state index contributed by atoms with van der Waals surface area (Å²) in [5, 5.41) is 5.40. The average Bonchev–Trinajstić information content (AvgIpc) is 3.28. The van der Waals surface area contributed by atoms with Crippen molar-refractivity contribution in [2.24, 2.45) is 0 Å². The molecule has 0 aliphatic carbocycles. The highest BCUT2D eigenvalue weighted by atomic mass is 32.1. The molecule has 2 aromatic carbocycles. The van der Waals surface area contributed by atoms with Gasteiger partial charge in [0.1, 0.15) is 16.3 Å². The molecule has 0 atom stereocenters. The number of nitrogens with zero attached hydrogens (tertiary/aromatic N) is 2. The highest BCUT2D eigenvalue weighted by molar-refractivity contribution is 7.15. The summed E-state index contributed by atoms with van der Waals surface area (Å²) in [6.45, 7) is 7.53. The highest BCUT2D eigenvalue weighted by Crippen LogP contribution is 2.38. The van der Waals surface area contributed by atoms with E-state index in [1.165, 1.54) is 18.4 Å². The molecule has 184 valence electrons. The lowest BCUT2D eigenvalue weighted by atomic mass is 9.97. The van der Waals surface area contributed by atoms with Crippen LogP contribution >= 0.6 is 11.3 Å². The third-order valence-corrected chi connectivity index (χ3v) is 7.19. The maximum Gasteiger partial charge on any atom is 0.341 e. The molecule has 2 heterocycles. The predicted molar refractivity (Wildman–Crippen MR) is 141 cm³/mol. The molecule has 4 rings (SSSR count). The van der Waals surface area contributed by atoms with Crippen molar-refractivity contribution in [3.8, 4) is 16.9 Å². The fraction of sp³-hybridized carbons (Fsp3) is 0.333. The molecule has 1 aliphatic rings. The van der Waals surface area contributed by atoms with Crippen LogP contribution in [-0.2, 0) is 9.53 Å². The van der Waals surface area contributed by atoms with E-state index in [-0.39, 0.29) is 12.5 Å². The third-order valence-electron chi connectivity index (χ3n) is 6.29. The number of methoxy groups -OCH3 is 2. The molecule has 35 heavy (non-hydrogen) atoms. The van der Waals surface area contributed by atoms with E-state index in [9.17, 15) is 9.59 Å². The van der Waals surface area contributed by atoms with E-state index in [4.69, 9.17) is 9.47 Å². The van der Waals surface area contributed by atoms with Gasteiger partial charge in [-0.25, -0.2) is 4.79 Å². The predicted octanol–water partition coefficient (Wildman–Crippen LogP) is 4.59. The Morgan fingerprint density at radius 1 is 0.971 bits per heavy atom. The van der Waals surface area contributed by atoms with Crippen LogP contribution in [0, 0.1) is 13.8 Å². The molecule has 1 fully saturated rings. The maximum absolute atomic E-state index is 12.9. The largest absolute Gasteiger partial charge is 0.497 e. The quantitative estimate of drug-likeness (QED) is 0.486. The second-order valence-corrected chi connectivity index (χ2v) is 9.55. The zero-order valence-corrected chi connectivity index (χ0v) is 21.4. The van der Waals surface area contributed by atoms with Crippen LogP contribution in [0.3, 0.4) is 0 Å². The molecule has 1 N–H and O–H groups in total. The molecule has 3 aromatic rings. The third kappa shape index (κ3) is 5.66. The first-order valence-electron chi connectivity index (χ1n) is 11.6. The number of piperazine rings is 1. The van der Waals surface area contributed by atoms with Crippen molar-refractivity contribution in [3.63, 3.8) is 0 Å². The Bertz CT molecular complexity index is 1200. The number of rotatable bonds is 7. The fourth-order valence-electron chi connectivity index (χ4n) is 4.31. The summed E-state index contributed by atoms with van der Waals surface area (Å²) < 4.78 is 10.3. The lowest BCUT2D eigenvalue weighted by molar-refractivity contribution is -0.117. The smallest absolute Gasteiger partial charge is 0.341 e. The van der Waals surface area contributed by atoms with E-state index in [2.05, 4.69) is 33.3 Å². The second kappa shape index (κ2) is 10.9. The van der Waals surface area contributed by atoms with Crippen LogP contribution in [0.2, 0.25) is 0 Å². The number of hydrogen-bond donors (Lipinski definition) is 1. The minimum atomic E-state index is -0.453. The van der Waals surface area contributed by atoms with Crippen molar-refractivity contribution in [1.29, 1.82) is 0 Å². The van der Waals surface area contributed by atoms with Gasteiger partial charge in [0.25, 0.3) is 0 Å². The van der Waals surface area contributed by atoms with Crippen molar-refractivity contribution < 1.29 is 19.1 Å².